The van der Waals surface area contributed by atoms with Gasteiger partial charge in [0.1, 0.15) is 5.75 Å². The largest absolute Gasteiger partial charge is 0.507 e. The monoisotopic (exact) mass is 382 g/mol. The number of carbonyl (C=O) groups excluding carboxylic acids is 1. The Morgan fingerprint density at radius 1 is 1.04 bits per heavy atom. The van der Waals surface area contributed by atoms with Crippen LogP contribution in [0, 0.1) is 0 Å². The third kappa shape index (κ3) is 3.46. The quantitative estimate of drug-likeness (QED) is 0.518. The number of hydrogen-bond acceptors (Lipinski definition) is 3. The van der Waals surface area contributed by atoms with E-state index in [1.54, 1.807) is 12.1 Å². The summed E-state index contributed by atoms with van der Waals surface area (Å²) in [6.07, 6.45) is 0. The van der Waals surface area contributed by atoms with Crippen molar-refractivity contribution >= 4 is 38.3 Å². The number of amides is 1. The summed E-state index contributed by atoms with van der Waals surface area (Å²) >= 11 is 3.38. The molecule has 0 bridgehead atoms. The topological polar surface area (TPSA) is 61.7 Å². The first-order valence-corrected chi connectivity index (χ1v) is 8.16. The van der Waals surface area contributed by atoms with Crippen LogP contribution in [0.5, 0.6) is 5.75 Å². The molecule has 0 aliphatic rings. The number of benzene rings is 3. The van der Waals surface area contributed by atoms with Crippen LogP contribution in [0.3, 0.4) is 0 Å². The molecule has 0 aliphatic heterocycles. The highest BCUT2D eigenvalue weighted by Gasteiger charge is 2.12. The summed E-state index contributed by atoms with van der Waals surface area (Å²) in [5.74, 6) is -0.516. The van der Waals surface area contributed by atoms with E-state index in [-0.39, 0.29) is 11.3 Å². The highest BCUT2D eigenvalue weighted by molar-refractivity contribution is 9.10. The second-order valence-electron chi connectivity index (χ2n) is 5.36. The van der Waals surface area contributed by atoms with Crippen molar-refractivity contribution in [3.8, 4) is 5.75 Å². The SMILES string of the molecule is C/C(=N/NC(=O)c1cc2ccccc2cc1O)c1ccc(Br)cc1. The van der Waals surface area contributed by atoms with Gasteiger partial charge in [0.25, 0.3) is 5.91 Å². The number of phenolic OH excluding ortho intramolecular Hbond substituents is 1. The Bertz CT molecular complexity index is 934. The maximum atomic E-state index is 12.3. The predicted octanol–water partition coefficient (Wildman–Crippen LogP) is 4.46. The summed E-state index contributed by atoms with van der Waals surface area (Å²) in [6, 6.07) is 18.4. The van der Waals surface area contributed by atoms with Crippen LogP contribution in [0.1, 0.15) is 22.8 Å². The molecule has 0 aliphatic carbocycles. The zero-order chi connectivity index (χ0) is 17.1. The molecule has 0 saturated carbocycles. The molecule has 0 spiro atoms. The van der Waals surface area contributed by atoms with Crippen molar-refractivity contribution in [1.29, 1.82) is 0 Å². The van der Waals surface area contributed by atoms with Gasteiger partial charge in [0.05, 0.1) is 11.3 Å². The average Bonchev–Trinajstić information content (AvgIpc) is 2.59. The zero-order valence-electron chi connectivity index (χ0n) is 13.0. The summed E-state index contributed by atoms with van der Waals surface area (Å²) in [5.41, 5.74) is 4.27. The number of halogens is 1. The molecular weight excluding hydrogens is 368 g/mol. The first-order valence-electron chi connectivity index (χ1n) is 7.37. The number of nitrogens with zero attached hydrogens (tertiary/aromatic N) is 1. The van der Waals surface area contributed by atoms with E-state index in [1.807, 2.05) is 55.5 Å². The molecule has 5 heteroatoms. The molecule has 0 heterocycles. The van der Waals surface area contributed by atoms with Gasteiger partial charge in [-0.15, -0.1) is 0 Å². The molecule has 0 aromatic heterocycles. The molecule has 0 unspecified atom stereocenters. The van der Waals surface area contributed by atoms with Gasteiger partial charge in [-0.05, 0) is 47.5 Å². The summed E-state index contributed by atoms with van der Waals surface area (Å²) in [7, 11) is 0. The minimum Gasteiger partial charge on any atom is -0.507 e. The first-order chi connectivity index (χ1) is 11.5. The van der Waals surface area contributed by atoms with Crippen LogP contribution >= 0.6 is 15.9 Å². The van der Waals surface area contributed by atoms with Crippen molar-refractivity contribution in [3.05, 3.63) is 76.3 Å². The normalized spacial score (nSPS) is 11.5. The third-order valence-electron chi connectivity index (χ3n) is 3.70. The lowest BCUT2D eigenvalue weighted by Crippen LogP contribution is -2.19. The highest BCUT2D eigenvalue weighted by Crippen LogP contribution is 2.24. The Kier molecular flexibility index (Phi) is 4.62. The Labute approximate surface area is 148 Å². The van der Waals surface area contributed by atoms with Crippen LogP contribution in [-0.2, 0) is 0 Å². The van der Waals surface area contributed by atoms with Crippen LogP contribution in [0.4, 0.5) is 0 Å². The fourth-order valence-corrected chi connectivity index (χ4v) is 2.62. The van der Waals surface area contributed by atoms with Gasteiger partial charge in [0.15, 0.2) is 0 Å². The van der Waals surface area contributed by atoms with Crippen molar-refractivity contribution in [1.82, 2.24) is 5.43 Å². The molecule has 0 fully saturated rings. The van der Waals surface area contributed by atoms with Crippen LogP contribution in [0.25, 0.3) is 10.8 Å². The number of nitrogens with one attached hydrogen (secondary N) is 1. The number of hydrazone groups is 1. The molecule has 120 valence electrons. The molecule has 24 heavy (non-hydrogen) atoms. The molecule has 0 radical (unpaired) electrons. The van der Waals surface area contributed by atoms with Crippen LogP contribution in [-0.4, -0.2) is 16.7 Å². The molecule has 3 aromatic rings. The molecule has 4 nitrogen and oxygen atoms in total. The molecule has 2 N–H and O–H groups in total. The third-order valence-corrected chi connectivity index (χ3v) is 4.22. The lowest BCUT2D eigenvalue weighted by Gasteiger charge is -2.07. The second-order valence-corrected chi connectivity index (χ2v) is 6.28. The lowest BCUT2D eigenvalue weighted by molar-refractivity contribution is 0.0952. The van der Waals surface area contributed by atoms with Crippen molar-refractivity contribution in [2.45, 2.75) is 6.92 Å². The minimum absolute atomic E-state index is 0.0669. The minimum atomic E-state index is -0.449. The fraction of sp³-hybridized carbons (Fsp3) is 0.0526. The zero-order valence-corrected chi connectivity index (χ0v) is 14.5. The predicted molar refractivity (Wildman–Crippen MR) is 99.4 cm³/mol. The van der Waals surface area contributed by atoms with Crippen molar-refractivity contribution in [2.75, 3.05) is 0 Å². The fourth-order valence-electron chi connectivity index (χ4n) is 2.36. The van der Waals surface area contributed by atoms with E-state index in [1.165, 1.54) is 0 Å². The van der Waals surface area contributed by atoms with Crippen molar-refractivity contribution < 1.29 is 9.90 Å². The van der Waals surface area contributed by atoms with Gasteiger partial charge in [-0.2, -0.15) is 5.10 Å². The van der Waals surface area contributed by atoms with E-state index in [9.17, 15) is 9.90 Å². The van der Waals surface area contributed by atoms with Crippen molar-refractivity contribution in [2.24, 2.45) is 5.10 Å². The van der Waals surface area contributed by atoms with Gasteiger partial charge in [-0.1, -0.05) is 52.3 Å². The maximum Gasteiger partial charge on any atom is 0.275 e. The van der Waals surface area contributed by atoms with Gasteiger partial charge in [0, 0.05) is 4.47 Å². The number of fused-ring (bicyclic) bond motifs is 1. The van der Waals surface area contributed by atoms with Gasteiger partial charge in [-0.3, -0.25) is 4.79 Å². The van der Waals surface area contributed by atoms with Gasteiger partial charge in [-0.25, -0.2) is 5.43 Å². The van der Waals surface area contributed by atoms with E-state index in [4.69, 9.17) is 0 Å². The molecule has 3 aromatic carbocycles. The first kappa shape index (κ1) is 16.2. The van der Waals surface area contributed by atoms with E-state index in [2.05, 4.69) is 26.5 Å². The Morgan fingerprint density at radius 3 is 2.33 bits per heavy atom. The van der Waals surface area contributed by atoms with Gasteiger partial charge < -0.3 is 5.11 Å². The standard InChI is InChI=1S/C19H15BrN2O2/c1-12(13-6-8-16(20)9-7-13)21-22-19(24)17-10-14-4-2-3-5-15(14)11-18(17)23/h2-11,23H,1H3,(H,22,24)/b21-12-. The van der Waals surface area contributed by atoms with E-state index in [0.29, 0.717) is 5.71 Å². The number of hydrogen-bond donors (Lipinski definition) is 2. The summed E-state index contributed by atoms with van der Waals surface area (Å²) in [5, 5.41) is 15.9. The van der Waals surface area contributed by atoms with E-state index >= 15 is 0 Å². The summed E-state index contributed by atoms with van der Waals surface area (Å²) in [6.45, 7) is 1.81. The summed E-state index contributed by atoms with van der Waals surface area (Å²) in [4.78, 5) is 12.3. The Hall–Kier alpha value is -2.66. The number of carbonyl (C=O) groups is 1. The van der Waals surface area contributed by atoms with E-state index < -0.39 is 5.91 Å². The second kappa shape index (κ2) is 6.84. The number of phenols is 1. The average molecular weight is 383 g/mol. The Morgan fingerprint density at radius 2 is 1.67 bits per heavy atom. The van der Waals surface area contributed by atoms with E-state index in [0.717, 1.165) is 20.8 Å². The van der Waals surface area contributed by atoms with Crippen LogP contribution in [0.15, 0.2) is 70.2 Å². The molecular formula is C19H15BrN2O2. The van der Waals surface area contributed by atoms with Crippen LogP contribution < -0.4 is 5.43 Å². The van der Waals surface area contributed by atoms with Gasteiger partial charge >= 0.3 is 0 Å². The lowest BCUT2D eigenvalue weighted by atomic mass is 10.1. The summed E-state index contributed by atoms with van der Waals surface area (Å²) < 4.78 is 0.976. The smallest absolute Gasteiger partial charge is 0.275 e. The number of rotatable bonds is 3. The van der Waals surface area contributed by atoms with Gasteiger partial charge in [0.2, 0.25) is 0 Å². The number of aromatic hydroxyl groups is 1. The molecule has 0 atom stereocenters. The van der Waals surface area contributed by atoms with Crippen LogP contribution in [0.2, 0.25) is 0 Å². The molecule has 3 rings (SSSR count). The maximum absolute atomic E-state index is 12.3. The molecule has 1 amide bonds. The highest BCUT2D eigenvalue weighted by atomic mass is 79.9. The Balaban J connectivity index is 1.83. The molecule has 0 saturated heterocycles. The van der Waals surface area contributed by atoms with Crippen molar-refractivity contribution in [3.63, 3.8) is 0 Å².